The summed E-state index contributed by atoms with van der Waals surface area (Å²) < 4.78 is 48.3. The molecule has 2 fully saturated rings. The standard InChI is InChI=1S/C28H36O15/c1-35-15-6-8-17(19(10-15)38-4)42-26-23(31)22(30)21(29)20(43-26)11-39-27-24(32)28(34,13-41-27)12-40-25(33)14-5-7-16(36-2)18(9-14)37-3/h5-10,20-24,26-27,29-32,34H,11-13H2,1-4H3/t20-,21-,22+,23-,24+,26-,27-,28-/m1/s1. The topological polar surface area (TPSA) is 201 Å². The van der Waals surface area contributed by atoms with Crippen LogP contribution in [0.2, 0.25) is 0 Å². The van der Waals surface area contributed by atoms with Crippen molar-refractivity contribution < 1.29 is 73.0 Å². The van der Waals surface area contributed by atoms with Gasteiger partial charge in [0.05, 0.1) is 47.2 Å². The minimum absolute atomic E-state index is 0.121. The van der Waals surface area contributed by atoms with Crippen LogP contribution in [0.25, 0.3) is 0 Å². The van der Waals surface area contributed by atoms with E-state index in [-0.39, 0.29) is 17.1 Å². The van der Waals surface area contributed by atoms with E-state index in [1.165, 1.54) is 52.7 Å². The summed E-state index contributed by atoms with van der Waals surface area (Å²) in [6.45, 7) is -1.53. The third kappa shape index (κ3) is 7.05. The molecule has 2 aliphatic heterocycles. The van der Waals surface area contributed by atoms with Crippen molar-refractivity contribution >= 4 is 5.97 Å². The second kappa shape index (κ2) is 13.9. The first-order chi connectivity index (χ1) is 20.5. The number of esters is 1. The molecule has 4 rings (SSSR count). The molecule has 2 saturated heterocycles. The SMILES string of the molecule is COc1ccc(O[C@@H]2O[C@H](CO[C@@H]3OC[C@](O)(COC(=O)c4ccc(OC)c(OC)c4)[C@H]3O)[C@@H](O)[C@H](O)[C@H]2O)c(OC)c1. The van der Waals surface area contributed by atoms with E-state index in [1.807, 2.05) is 0 Å². The Balaban J connectivity index is 1.34. The fourth-order valence-electron chi connectivity index (χ4n) is 4.50. The first-order valence-corrected chi connectivity index (χ1v) is 13.2. The van der Waals surface area contributed by atoms with Crippen molar-refractivity contribution in [3.8, 4) is 28.7 Å². The smallest absolute Gasteiger partial charge is 0.338 e. The van der Waals surface area contributed by atoms with Gasteiger partial charge < -0.3 is 68.2 Å². The van der Waals surface area contributed by atoms with Gasteiger partial charge in [-0.15, -0.1) is 0 Å². The molecule has 15 heteroatoms. The maximum absolute atomic E-state index is 12.6. The number of ether oxygens (including phenoxy) is 9. The summed E-state index contributed by atoms with van der Waals surface area (Å²) in [7, 11) is 5.74. The second-order valence-corrected chi connectivity index (χ2v) is 9.86. The van der Waals surface area contributed by atoms with Crippen LogP contribution in [0.3, 0.4) is 0 Å². The van der Waals surface area contributed by atoms with Crippen molar-refractivity contribution in [1.82, 2.24) is 0 Å². The number of carbonyl (C=O) groups excluding carboxylic acids is 1. The van der Waals surface area contributed by atoms with Gasteiger partial charge in [-0.2, -0.15) is 0 Å². The van der Waals surface area contributed by atoms with Gasteiger partial charge in [0.1, 0.15) is 42.9 Å². The lowest BCUT2D eigenvalue weighted by atomic mass is 9.99. The van der Waals surface area contributed by atoms with Gasteiger partial charge in [0.2, 0.25) is 6.29 Å². The molecule has 2 aromatic rings. The number of carbonyl (C=O) groups is 1. The zero-order chi connectivity index (χ0) is 31.3. The van der Waals surface area contributed by atoms with Crippen LogP contribution in [0.15, 0.2) is 36.4 Å². The maximum Gasteiger partial charge on any atom is 0.338 e. The van der Waals surface area contributed by atoms with Crippen molar-refractivity contribution in [2.45, 2.75) is 48.7 Å². The van der Waals surface area contributed by atoms with E-state index in [0.29, 0.717) is 17.2 Å². The lowest BCUT2D eigenvalue weighted by molar-refractivity contribution is -0.289. The summed E-state index contributed by atoms with van der Waals surface area (Å²) in [5, 5.41) is 53.0. The zero-order valence-electron chi connectivity index (χ0n) is 23.9. The lowest BCUT2D eigenvalue weighted by Crippen LogP contribution is -2.60. The van der Waals surface area contributed by atoms with Crippen LogP contribution >= 0.6 is 0 Å². The number of hydrogen-bond donors (Lipinski definition) is 5. The highest BCUT2D eigenvalue weighted by molar-refractivity contribution is 5.90. The molecular weight excluding hydrogens is 576 g/mol. The highest BCUT2D eigenvalue weighted by atomic mass is 16.7. The van der Waals surface area contributed by atoms with Crippen LogP contribution in [-0.2, 0) is 18.9 Å². The Morgan fingerprint density at radius 3 is 2.19 bits per heavy atom. The maximum atomic E-state index is 12.6. The van der Waals surface area contributed by atoms with E-state index in [0.717, 1.165) is 0 Å². The zero-order valence-corrected chi connectivity index (χ0v) is 23.9. The molecule has 8 atom stereocenters. The van der Waals surface area contributed by atoms with E-state index in [2.05, 4.69) is 0 Å². The van der Waals surface area contributed by atoms with Gasteiger partial charge in [0, 0.05) is 6.07 Å². The predicted molar refractivity (Wildman–Crippen MR) is 143 cm³/mol. The van der Waals surface area contributed by atoms with E-state index >= 15 is 0 Å². The minimum Gasteiger partial charge on any atom is -0.497 e. The molecule has 0 spiro atoms. The van der Waals surface area contributed by atoms with Crippen molar-refractivity contribution in [1.29, 1.82) is 0 Å². The van der Waals surface area contributed by atoms with Crippen molar-refractivity contribution in [3.05, 3.63) is 42.0 Å². The summed E-state index contributed by atoms with van der Waals surface area (Å²) in [4.78, 5) is 12.6. The number of rotatable bonds is 12. The Kier molecular flexibility index (Phi) is 10.5. The molecular formula is C28H36O15. The Morgan fingerprint density at radius 2 is 1.51 bits per heavy atom. The van der Waals surface area contributed by atoms with E-state index in [9.17, 15) is 30.3 Å². The average Bonchev–Trinajstić information content (AvgIpc) is 3.31. The van der Waals surface area contributed by atoms with Crippen LogP contribution in [0.4, 0.5) is 0 Å². The predicted octanol–water partition coefficient (Wildman–Crippen LogP) is -0.771. The third-order valence-electron chi connectivity index (χ3n) is 7.09. The second-order valence-electron chi connectivity index (χ2n) is 9.86. The number of benzene rings is 2. The van der Waals surface area contributed by atoms with Gasteiger partial charge in [0.15, 0.2) is 34.9 Å². The lowest BCUT2D eigenvalue weighted by Gasteiger charge is -2.40. The van der Waals surface area contributed by atoms with Crippen molar-refractivity contribution in [3.63, 3.8) is 0 Å². The summed E-state index contributed by atoms with van der Waals surface area (Å²) in [5.74, 6) is 0.826. The molecule has 2 aromatic carbocycles. The monoisotopic (exact) mass is 612 g/mol. The highest BCUT2D eigenvalue weighted by Crippen LogP contribution is 2.35. The molecule has 5 N–H and O–H groups in total. The summed E-state index contributed by atoms with van der Waals surface area (Å²) >= 11 is 0. The molecule has 0 saturated carbocycles. The molecule has 2 aliphatic rings. The quantitative estimate of drug-likeness (QED) is 0.187. The molecule has 0 radical (unpaired) electrons. The molecule has 0 bridgehead atoms. The minimum atomic E-state index is -2.02. The summed E-state index contributed by atoms with van der Waals surface area (Å²) in [6.07, 6.45) is -10.7. The first kappa shape index (κ1) is 32.5. The summed E-state index contributed by atoms with van der Waals surface area (Å²) in [6, 6.07) is 9.01. The van der Waals surface area contributed by atoms with Crippen LogP contribution in [-0.4, -0.2) is 128 Å². The molecule has 0 aliphatic carbocycles. The van der Waals surface area contributed by atoms with Gasteiger partial charge in [-0.3, -0.25) is 0 Å². The van der Waals surface area contributed by atoms with Crippen LogP contribution in [0, 0.1) is 0 Å². The molecule has 43 heavy (non-hydrogen) atoms. The molecule has 0 aromatic heterocycles. The normalized spacial score (nSPS) is 30.4. The fraction of sp³-hybridized carbons (Fsp3) is 0.536. The number of aliphatic hydroxyl groups excluding tert-OH is 4. The van der Waals surface area contributed by atoms with Crippen LogP contribution in [0.1, 0.15) is 10.4 Å². The van der Waals surface area contributed by atoms with Gasteiger partial charge in [0.25, 0.3) is 0 Å². The van der Waals surface area contributed by atoms with E-state index < -0.39 is 74.5 Å². The van der Waals surface area contributed by atoms with E-state index in [1.54, 1.807) is 12.1 Å². The van der Waals surface area contributed by atoms with Crippen molar-refractivity contribution in [2.75, 3.05) is 48.3 Å². The molecule has 2 heterocycles. The average molecular weight is 613 g/mol. The Hall–Kier alpha value is -3.41. The Morgan fingerprint density at radius 1 is 0.837 bits per heavy atom. The highest BCUT2D eigenvalue weighted by Gasteiger charge is 2.51. The van der Waals surface area contributed by atoms with E-state index in [4.69, 9.17) is 42.6 Å². The Bertz CT molecular complexity index is 1240. The number of aliphatic hydroxyl groups is 5. The fourth-order valence-corrected chi connectivity index (χ4v) is 4.50. The largest absolute Gasteiger partial charge is 0.497 e. The van der Waals surface area contributed by atoms with Crippen molar-refractivity contribution in [2.24, 2.45) is 0 Å². The first-order valence-electron chi connectivity index (χ1n) is 13.2. The van der Waals surface area contributed by atoms with Crippen LogP contribution < -0.4 is 23.7 Å². The van der Waals surface area contributed by atoms with Crippen LogP contribution in [0.5, 0.6) is 28.7 Å². The number of hydrogen-bond acceptors (Lipinski definition) is 15. The van der Waals surface area contributed by atoms with Gasteiger partial charge >= 0.3 is 5.97 Å². The molecule has 15 nitrogen and oxygen atoms in total. The Labute approximate surface area is 246 Å². The summed E-state index contributed by atoms with van der Waals surface area (Å²) in [5.41, 5.74) is -1.90. The molecule has 0 amide bonds. The molecule has 0 unspecified atom stereocenters. The third-order valence-corrected chi connectivity index (χ3v) is 7.09. The van der Waals surface area contributed by atoms with Gasteiger partial charge in [-0.1, -0.05) is 0 Å². The number of methoxy groups -OCH3 is 4. The van der Waals surface area contributed by atoms with Gasteiger partial charge in [-0.05, 0) is 30.3 Å². The molecule has 238 valence electrons. The van der Waals surface area contributed by atoms with Gasteiger partial charge in [-0.25, -0.2) is 4.79 Å².